The highest BCUT2D eigenvalue weighted by Crippen LogP contribution is 2.23. The van der Waals surface area contributed by atoms with Gasteiger partial charge in [-0.2, -0.15) is 0 Å². The average molecular weight is 255 g/mol. The third kappa shape index (κ3) is 5.13. The van der Waals surface area contributed by atoms with Crippen LogP contribution in [0.1, 0.15) is 39.7 Å². The highest BCUT2D eigenvalue weighted by Gasteiger charge is 2.18. The van der Waals surface area contributed by atoms with Gasteiger partial charge in [0.05, 0.1) is 0 Å². The molecule has 0 unspecified atom stereocenters. The fourth-order valence-corrected chi connectivity index (χ4v) is 1.77. The number of nitrogens with one attached hydrogen (secondary N) is 1. The first-order chi connectivity index (χ1) is 8.30. The lowest BCUT2D eigenvalue weighted by atomic mass is 9.86. The molecule has 0 bridgehead atoms. The highest BCUT2D eigenvalue weighted by atomic mass is 19.1. The van der Waals surface area contributed by atoms with Crippen LogP contribution in [0.5, 0.6) is 0 Å². The Hall–Kier alpha value is -0.960. The van der Waals surface area contributed by atoms with Crippen molar-refractivity contribution in [1.29, 1.82) is 0 Å². The molecule has 0 aromatic heterocycles. The Balaban J connectivity index is 2.53. The lowest BCUT2D eigenvalue weighted by Gasteiger charge is -2.26. The molecule has 1 nitrogen and oxygen atoms in total. The maximum Gasteiger partial charge on any atom is 0.129 e. The molecule has 1 aromatic rings. The Morgan fingerprint density at radius 2 is 1.89 bits per heavy atom. The SMILES string of the molecule is CC(C)NCC(C)(C)CCc1ccc(F)cc1F. The Morgan fingerprint density at radius 1 is 1.22 bits per heavy atom. The van der Waals surface area contributed by atoms with E-state index in [1.165, 1.54) is 12.1 Å². The van der Waals surface area contributed by atoms with E-state index in [4.69, 9.17) is 0 Å². The van der Waals surface area contributed by atoms with E-state index in [1.807, 2.05) is 0 Å². The molecule has 3 heteroatoms. The van der Waals surface area contributed by atoms with Crippen LogP contribution in [0.15, 0.2) is 18.2 Å². The second-order valence-corrected chi connectivity index (χ2v) is 5.94. The summed E-state index contributed by atoms with van der Waals surface area (Å²) in [5, 5.41) is 3.39. The topological polar surface area (TPSA) is 12.0 Å². The number of halogens is 2. The first-order valence-corrected chi connectivity index (χ1v) is 6.47. The largest absolute Gasteiger partial charge is 0.314 e. The minimum atomic E-state index is -0.517. The third-order valence-electron chi connectivity index (χ3n) is 3.08. The van der Waals surface area contributed by atoms with Crippen LogP contribution >= 0.6 is 0 Å². The van der Waals surface area contributed by atoms with Gasteiger partial charge < -0.3 is 5.32 Å². The van der Waals surface area contributed by atoms with Crippen molar-refractivity contribution in [3.05, 3.63) is 35.4 Å². The number of rotatable bonds is 6. The fraction of sp³-hybridized carbons (Fsp3) is 0.600. The molecule has 0 aliphatic rings. The smallest absolute Gasteiger partial charge is 0.129 e. The summed E-state index contributed by atoms with van der Waals surface area (Å²) in [6.07, 6.45) is 1.51. The summed E-state index contributed by atoms with van der Waals surface area (Å²) < 4.78 is 26.3. The molecule has 0 saturated carbocycles. The quantitative estimate of drug-likeness (QED) is 0.812. The van der Waals surface area contributed by atoms with Crippen LogP contribution in [0.2, 0.25) is 0 Å². The first kappa shape index (κ1) is 15.1. The fourth-order valence-electron chi connectivity index (χ4n) is 1.77. The molecule has 0 amide bonds. The van der Waals surface area contributed by atoms with Gasteiger partial charge in [0.15, 0.2) is 0 Å². The van der Waals surface area contributed by atoms with Crippen molar-refractivity contribution in [2.75, 3.05) is 6.54 Å². The standard InChI is InChI=1S/C15H23F2N/c1-11(2)18-10-15(3,4)8-7-12-5-6-13(16)9-14(12)17/h5-6,9,11,18H,7-8,10H2,1-4H3. The Kier molecular flexibility index (Phi) is 5.27. The lowest BCUT2D eigenvalue weighted by molar-refractivity contribution is 0.303. The van der Waals surface area contributed by atoms with E-state index in [0.717, 1.165) is 19.0 Å². The maximum atomic E-state index is 13.5. The summed E-state index contributed by atoms with van der Waals surface area (Å²) >= 11 is 0. The van der Waals surface area contributed by atoms with E-state index >= 15 is 0 Å². The number of aryl methyl sites for hydroxylation is 1. The van der Waals surface area contributed by atoms with Crippen LogP contribution in [-0.4, -0.2) is 12.6 Å². The lowest BCUT2D eigenvalue weighted by Crippen LogP contribution is -2.34. The van der Waals surface area contributed by atoms with Gasteiger partial charge in [-0.15, -0.1) is 0 Å². The molecule has 18 heavy (non-hydrogen) atoms. The van der Waals surface area contributed by atoms with Crippen LogP contribution in [0, 0.1) is 17.0 Å². The summed E-state index contributed by atoms with van der Waals surface area (Å²) in [6.45, 7) is 9.42. The Labute approximate surface area is 109 Å². The van der Waals surface area contributed by atoms with E-state index in [-0.39, 0.29) is 5.41 Å². The normalized spacial score (nSPS) is 12.2. The molecule has 102 valence electrons. The van der Waals surface area contributed by atoms with Crippen molar-refractivity contribution in [3.8, 4) is 0 Å². The molecule has 0 aliphatic carbocycles. The van der Waals surface area contributed by atoms with Crippen molar-refractivity contribution >= 4 is 0 Å². The predicted molar refractivity (Wildman–Crippen MR) is 71.6 cm³/mol. The van der Waals surface area contributed by atoms with E-state index in [2.05, 4.69) is 33.0 Å². The Morgan fingerprint density at radius 3 is 2.44 bits per heavy atom. The van der Waals surface area contributed by atoms with Gasteiger partial charge in [0.25, 0.3) is 0 Å². The van der Waals surface area contributed by atoms with Gasteiger partial charge in [-0.3, -0.25) is 0 Å². The van der Waals surface area contributed by atoms with Crippen LogP contribution in [-0.2, 0) is 6.42 Å². The van der Waals surface area contributed by atoms with Gasteiger partial charge >= 0.3 is 0 Å². The van der Waals surface area contributed by atoms with Gasteiger partial charge in [0.1, 0.15) is 11.6 Å². The molecule has 1 aromatic carbocycles. The van der Waals surface area contributed by atoms with Crippen molar-refractivity contribution in [2.45, 2.75) is 46.6 Å². The molecule has 0 atom stereocenters. The summed E-state index contributed by atoms with van der Waals surface area (Å²) in [4.78, 5) is 0. The van der Waals surface area contributed by atoms with E-state index in [0.29, 0.717) is 18.0 Å². The van der Waals surface area contributed by atoms with Gasteiger partial charge in [-0.25, -0.2) is 8.78 Å². The van der Waals surface area contributed by atoms with E-state index < -0.39 is 11.6 Å². The summed E-state index contributed by atoms with van der Waals surface area (Å²) in [5.41, 5.74) is 0.694. The average Bonchev–Trinajstić information content (AvgIpc) is 2.25. The van der Waals surface area contributed by atoms with Gasteiger partial charge in [0.2, 0.25) is 0 Å². The predicted octanol–water partition coefficient (Wildman–Crippen LogP) is 3.92. The number of hydrogen-bond acceptors (Lipinski definition) is 1. The summed E-state index contributed by atoms with van der Waals surface area (Å²) in [7, 11) is 0. The number of benzene rings is 1. The van der Waals surface area contributed by atoms with Crippen LogP contribution in [0.4, 0.5) is 8.78 Å². The summed E-state index contributed by atoms with van der Waals surface area (Å²) in [6, 6.07) is 4.26. The molecule has 0 aliphatic heterocycles. The zero-order valence-electron chi connectivity index (χ0n) is 11.7. The van der Waals surface area contributed by atoms with Crippen LogP contribution in [0.25, 0.3) is 0 Å². The first-order valence-electron chi connectivity index (χ1n) is 6.47. The van der Waals surface area contributed by atoms with Crippen molar-refractivity contribution in [2.24, 2.45) is 5.41 Å². The zero-order valence-corrected chi connectivity index (χ0v) is 11.7. The van der Waals surface area contributed by atoms with E-state index in [9.17, 15) is 8.78 Å². The molecule has 0 radical (unpaired) electrons. The minimum absolute atomic E-state index is 0.102. The molecule has 1 N–H and O–H groups in total. The minimum Gasteiger partial charge on any atom is -0.314 e. The molecule has 0 spiro atoms. The number of hydrogen-bond donors (Lipinski definition) is 1. The molecule has 0 saturated heterocycles. The Bertz CT molecular complexity index is 386. The van der Waals surface area contributed by atoms with Crippen molar-refractivity contribution in [1.82, 2.24) is 5.32 Å². The van der Waals surface area contributed by atoms with Gasteiger partial charge in [-0.05, 0) is 29.9 Å². The zero-order chi connectivity index (χ0) is 13.8. The molecule has 0 heterocycles. The monoisotopic (exact) mass is 255 g/mol. The van der Waals surface area contributed by atoms with Gasteiger partial charge in [-0.1, -0.05) is 33.8 Å². The van der Waals surface area contributed by atoms with Crippen LogP contribution < -0.4 is 5.32 Å². The van der Waals surface area contributed by atoms with Crippen molar-refractivity contribution < 1.29 is 8.78 Å². The van der Waals surface area contributed by atoms with Crippen LogP contribution in [0.3, 0.4) is 0 Å². The molecule has 0 fully saturated rings. The summed E-state index contributed by atoms with van der Waals surface area (Å²) in [5.74, 6) is -0.959. The third-order valence-corrected chi connectivity index (χ3v) is 3.08. The van der Waals surface area contributed by atoms with Gasteiger partial charge in [0, 0.05) is 18.7 Å². The second kappa shape index (κ2) is 6.28. The second-order valence-electron chi connectivity index (χ2n) is 5.94. The molecule has 1 rings (SSSR count). The maximum absolute atomic E-state index is 13.5. The van der Waals surface area contributed by atoms with E-state index in [1.54, 1.807) is 0 Å². The molecular weight excluding hydrogens is 232 g/mol. The highest BCUT2D eigenvalue weighted by molar-refractivity contribution is 5.18. The van der Waals surface area contributed by atoms with Crippen molar-refractivity contribution in [3.63, 3.8) is 0 Å². The molecular formula is C15H23F2N.